The predicted octanol–water partition coefficient (Wildman–Crippen LogP) is 4.27. The summed E-state index contributed by atoms with van der Waals surface area (Å²) in [5.74, 6) is 1.37. The molecule has 0 N–H and O–H groups in total. The number of hydrogen-bond donors (Lipinski definition) is 0. The van der Waals surface area contributed by atoms with Crippen molar-refractivity contribution in [2.45, 2.75) is 44.1 Å². The maximum atomic E-state index is 13.0. The first-order chi connectivity index (χ1) is 11.8. The van der Waals surface area contributed by atoms with Crippen molar-refractivity contribution in [1.82, 2.24) is 9.88 Å². The van der Waals surface area contributed by atoms with Crippen LogP contribution in [0.1, 0.15) is 53.9 Å². The Morgan fingerprint density at radius 2 is 1.71 bits per heavy atom. The second-order valence-electron chi connectivity index (χ2n) is 7.06. The number of aromatic nitrogens is 1. The molecule has 3 heteroatoms. The van der Waals surface area contributed by atoms with Crippen molar-refractivity contribution < 1.29 is 4.79 Å². The fourth-order valence-corrected chi connectivity index (χ4v) is 4.68. The second kappa shape index (κ2) is 6.76. The largest absolute Gasteiger partial charge is 0.335 e. The number of hydrogen-bond acceptors (Lipinski definition) is 2. The Labute approximate surface area is 143 Å². The van der Waals surface area contributed by atoms with E-state index in [0.717, 1.165) is 24.9 Å². The van der Waals surface area contributed by atoms with E-state index in [1.165, 1.54) is 24.8 Å². The number of likely N-dealkylation sites (tertiary alicyclic amines) is 1. The van der Waals surface area contributed by atoms with Crippen LogP contribution in [0.4, 0.5) is 0 Å². The topological polar surface area (TPSA) is 33.2 Å². The molecule has 1 saturated heterocycles. The summed E-state index contributed by atoms with van der Waals surface area (Å²) in [6.45, 7) is 0.863. The van der Waals surface area contributed by atoms with Gasteiger partial charge in [0.15, 0.2) is 0 Å². The van der Waals surface area contributed by atoms with Crippen molar-refractivity contribution in [3.63, 3.8) is 0 Å². The second-order valence-corrected chi connectivity index (χ2v) is 7.06. The van der Waals surface area contributed by atoms with E-state index >= 15 is 0 Å². The van der Waals surface area contributed by atoms with Crippen molar-refractivity contribution in [2.75, 3.05) is 6.54 Å². The lowest BCUT2D eigenvalue weighted by Gasteiger charge is -2.48. The van der Waals surface area contributed by atoms with Crippen LogP contribution in [0.2, 0.25) is 0 Å². The van der Waals surface area contributed by atoms with Crippen LogP contribution in [0.15, 0.2) is 54.9 Å². The molecular formula is C21H24N2O. The summed E-state index contributed by atoms with van der Waals surface area (Å²) < 4.78 is 0. The molecule has 1 aliphatic carbocycles. The average Bonchev–Trinajstić information content (AvgIpc) is 2.68. The van der Waals surface area contributed by atoms with E-state index in [1.54, 1.807) is 12.4 Å². The van der Waals surface area contributed by atoms with Crippen molar-refractivity contribution >= 4 is 5.91 Å². The van der Waals surface area contributed by atoms with Gasteiger partial charge in [0, 0.05) is 30.5 Å². The monoisotopic (exact) mass is 320 g/mol. The van der Waals surface area contributed by atoms with Gasteiger partial charge in [-0.3, -0.25) is 9.78 Å². The number of nitrogens with zero attached hydrogens (tertiary/aromatic N) is 2. The molecule has 24 heavy (non-hydrogen) atoms. The van der Waals surface area contributed by atoms with E-state index in [1.807, 2.05) is 12.1 Å². The van der Waals surface area contributed by atoms with E-state index in [2.05, 4.69) is 40.2 Å². The minimum absolute atomic E-state index is 0.181. The van der Waals surface area contributed by atoms with E-state index in [9.17, 15) is 4.79 Å². The van der Waals surface area contributed by atoms with Crippen LogP contribution in [0.5, 0.6) is 0 Å². The van der Waals surface area contributed by atoms with Crippen LogP contribution >= 0.6 is 0 Å². The molecule has 3 nitrogen and oxygen atoms in total. The number of rotatable bonds is 2. The third kappa shape index (κ3) is 2.83. The van der Waals surface area contributed by atoms with Crippen molar-refractivity contribution in [1.29, 1.82) is 0 Å². The molecule has 2 aromatic rings. The first kappa shape index (κ1) is 15.4. The number of amides is 1. The molecule has 4 rings (SSSR count). The Morgan fingerprint density at radius 1 is 0.958 bits per heavy atom. The molecule has 2 heterocycles. The van der Waals surface area contributed by atoms with E-state index < -0.39 is 0 Å². The molecule has 2 aliphatic rings. The minimum Gasteiger partial charge on any atom is -0.335 e. The summed E-state index contributed by atoms with van der Waals surface area (Å²) in [7, 11) is 0. The highest BCUT2D eigenvalue weighted by atomic mass is 16.2. The summed E-state index contributed by atoms with van der Waals surface area (Å²) in [6.07, 6.45) is 9.41. The Bertz CT molecular complexity index is 685. The van der Waals surface area contributed by atoms with Gasteiger partial charge in [0.2, 0.25) is 0 Å². The highest BCUT2D eigenvalue weighted by Crippen LogP contribution is 2.44. The van der Waals surface area contributed by atoms with Gasteiger partial charge in [-0.25, -0.2) is 0 Å². The molecule has 1 aliphatic heterocycles. The highest BCUT2D eigenvalue weighted by molar-refractivity contribution is 5.94. The Kier molecular flexibility index (Phi) is 4.33. The van der Waals surface area contributed by atoms with Crippen molar-refractivity contribution in [3.8, 4) is 0 Å². The highest BCUT2D eigenvalue weighted by Gasteiger charge is 2.41. The zero-order valence-corrected chi connectivity index (χ0v) is 14.0. The van der Waals surface area contributed by atoms with Gasteiger partial charge in [0.1, 0.15) is 0 Å². The Hall–Kier alpha value is -2.16. The molecule has 1 aromatic heterocycles. The van der Waals surface area contributed by atoms with Crippen LogP contribution in [0.3, 0.4) is 0 Å². The normalized spacial score (nSPS) is 26.7. The molecule has 0 unspecified atom stereocenters. The molecular weight excluding hydrogens is 296 g/mol. The Morgan fingerprint density at radius 3 is 2.50 bits per heavy atom. The van der Waals surface area contributed by atoms with E-state index in [4.69, 9.17) is 0 Å². The minimum atomic E-state index is 0.181. The number of fused-ring (bicyclic) bond motifs is 1. The SMILES string of the molecule is O=C(c1ccncc1)N1CC[C@H](c2ccccc2)[C@H]2CCCC[C@H]21. The quantitative estimate of drug-likeness (QED) is 0.828. The van der Waals surface area contributed by atoms with Gasteiger partial charge in [-0.05, 0) is 48.8 Å². The summed E-state index contributed by atoms with van der Waals surface area (Å²) in [5, 5.41) is 0. The zero-order chi connectivity index (χ0) is 16.4. The van der Waals surface area contributed by atoms with Crippen molar-refractivity contribution in [3.05, 3.63) is 66.0 Å². The number of pyridine rings is 1. The standard InChI is InChI=1S/C21H24N2O/c24-21(17-10-13-22-14-11-17)23-15-12-18(16-6-2-1-3-7-16)19-8-4-5-9-20(19)23/h1-3,6-7,10-11,13-14,18-20H,4-5,8-9,12,15H2/t18-,19-,20-/m1/s1. The number of carbonyl (C=O) groups is 1. The summed E-state index contributed by atoms with van der Waals surface area (Å²) in [4.78, 5) is 19.2. The van der Waals surface area contributed by atoms with Gasteiger partial charge in [0.25, 0.3) is 5.91 Å². The average molecular weight is 320 g/mol. The molecule has 1 amide bonds. The lowest BCUT2D eigenvalue weighted by atomic mass is 9.69. The van der Waals surface area contributed by atoms with Crippen LogP contribution < -0.4 is 0 Å². The number of piperidine rings is 1. The molecule has 124 valence electrons. The van der Waals surface area contributed by atoms with Gasteiger partial charge in [-0.2, -0.15) is 0 Å². The van der Waals surface area contributed by atoms with Gasteiger partial charge >= 0.3 is 0 Å². The van der Waals surface area contributed by atoms with Gasteiger partial charge in [0.05, 0.1) is 0 Å². The lowest BCUT2D eigenvalue weighted by Crippen LogP contribution is -2.52. The molecule has 3 atom stereocenters. The summed E-state index contributed by atoms with van der Waals surface area (Å²) in [5.41, 5.74) is 2.22. The molecule has 0 bridgehead atoms. The van der Waals surface area contributed by atoms with Crippen molar-refractivity contribution in [2.24, 2.45) is 5.92 Å². The maximum absolute atomic E-state index is 13.0. The van der Waals surface area contributed by atoms with Crippen LogP contribution in [0.25, 0.3) is 0 Å². The third-order valence-electron chi connectivity index (χ3n) is 5.80. The number of carbonyl (C=O) groups excluding carboxylic acids is 1. The smallest absolute Gasteiger partial charge is 0.254 e. The number of benzene rings is 1. The zero-order valence-electron chi connectivity index (χ0n) is 14.0. The molecule has 1 aromatic carbocycles. The molecule has 0 spiro atoms. The summed E-state index contributed by atoms with van der Waals surface area (Å²) in [6, 6.07) is 15.0. The molecule has 2 fully saturated rings. The fourth-order valence-electron chi connectivity index (χ4n) is 4.68. The Balaban J connectivity index is 1.60. The maximum Gasteiger partial charge on any atom is 0.254 e. The molecule has 1 saturated carbocycles. The molecule has 0 radical (unpaired) electrons. The van der Waals surface area contributed by atoms with Crippen LogP contribution in [0, 0.1) is 5.92 Å². The van der Waals surface area contributed by atoms with Gasteiger partial charge in [-0.15, -0.1) is 0 Å². The van der Waals surface area contributed by atoms with Gasteiger partial charge < -0.3 is 4.90 Å². The van der Waals surface area contributed by atoms with Crippen LogP contribution in [-0.4, -0.2) is 28.4 Å². The van der Waals surface area contributed by atoms with E-state index in [-0.39, 0.29) is 5.91 Å². The summed E-state index contributed by atoms with van der Waals surface area (Å²) >= 11 is 0. The van der Waals surface area contributed by atoms with E-state index in [0.29, 0.717) is 17.9 Å². The predicted molar refractivity (Wildman–Crippen MR) is 94.8 cm³/mol. The van der Waals surface area contributed by atoms with Crippen LogP contribution in [-0.2, 0) is 0 Å². The first-order valence-electron chi connectivity index (χ1n) is 9.10. The lowest BCUT2D eigenvalue weighted by molar-refractivity contribution is 0.0319. The third-order valence-corrected chi connectivity index (χ3v) is 5.80. The van der Waals surface area contributed by atoms with Gasteiger partial charge in [-0.1, -0.05) is 43.2 Å². The first-order valence-corrected chi connectivity index (χ1v) is 9.10. The fraction of sp³-hybridized carbons (Fsp3) is 0.429.